The first kappa shape index (κ1) is 22.3. The summed E-state index contributed by atoms with van der Waals surface area (Å²) in [6.07, 6.45) is -0.725. The molecular weight excluding hydrogens is 434 g/mol. The number of ether oxygens (including phenoxy) is 1. The number of aliphatic carboxylic acids is 1. The number of alkyl carbamates (subject to hydrolysis) is 1. The second kappa shape index (κ2) is 8.90. The quantitative estimate of drug-likeness (QED) is 0.693. The van der Waals surface area contributed by atoms with E-state index in [0.717, 1.165) is 22.3 Å². The number of nitrogens with zero attached hydrogens (tertiary/aromatic N) is 1. The van der Waals surface area contributed by atoms with E-state index in [9.17, 15) is 23.2 Å². The van der Waals surface area contributed by atoms with Gasteiger partial charge in [0.15, 0.2) is 0 Å². The summed E-state index contributed by atoms with van der Waals surface area (Å²) in [5.74, 6) is -3.64. The van der Waals surface area contributed by atoms with Crippen LogP contribution in [0.1, 0.15) is 17.0 Å². The first-order valence-electron chi connectivity index (χ1n) is 10.2. The number of likely N-dealkylation sites (tertiary alicyclic amines) is 1. The van der Waals surface area contributed by atoms with Crippen molar-refractivity contribution in [1.29, 1.82) is 0 Å². The summed E-state index contributed by atoms with van der Waals surface area (Å²) in [5.41, 5.74) is 4.34. The Labute approximate surface area is 188 Å². The van der Waals surface area contributed by atoms with Gasteiger partial charge in [0, 0.05) is 12.5 Å². The number of carboxylic acids is 1. The van der Waals surface area contributed by atoms with E-state index in [1.54, 1.807) is 0 Å². The Morgan fingerprint density at radius 1 is 1.09 bits per heavy atom. The van der Waals surface area contributed by atoms with Gasteiger partial charge in [0.1, 0.15) is 12.5 Å². The second-order valence-electron chi connectivity index (χ2n) is 7.82. The van der Waals surface area contributed by atoms with Gasteiger partial charge >= 0.3 is 12.1 Å². The number of carboxylic acid groups (broad SMARTS) is 1. The fourth-order valence-corrected chi connectivity index (χ4v) is 4.16. The number of halogens is 2. The van der Waals surface area contributed by atoms with E-state index in [2.05, 4.69) is 17.2 Å². The summed E-state index contributed by atoms with van der Waals surface area (Å²) in [4.78, 5) is 35.6. The molecule has 2 aromatic rings. The Balaban J connectivity index is 1.28. The van der Waals surface area contributed by atoms with Gasteiger partial charge in [-0.1, -0.05) is 54.5 Å². The zero-order valence-electron chi connectivity index (χ0n) is 17.4. The van der Waals surface area contributed by atoms with Crippen LogP contribution in [-0.4, -0.2) is 60.1 Å². The number of nitrogens with one attached hydrogen (secondary N) is 1. The summed E-state index contributed by atoms with van der Waals surface area (Å²) < 4.78 is 32.7. The number of alkyl halides is 2. The largest absolute Gasteiger partial charge is 0.481 e. The smallest absolute Gasteiger partial charge is 0.407 e. The van der Waals surface area contributed by atoms with Gasteiger partial charge in [0.25, 0.3) is 11.8 Å². The van der Waals surface area contributed by atoms with Gasteiger partial charge < -0.3 is 20.1 Å². The molecule has 2 amide bonds. The molecule has 9 heteroatoms. The average molecular weight is 454 g/mol. The maximum Gasteiger partial charge on any atom is 0.407 e. The lowest BCUT2D eigenvalue weighted by atomic mass is 9.98. The Kier molecular flexibility index (Phi) is 6.01. The number of carbonyl (C=O) groups excluding carboxylic acids is 2. The SMILES string of the molecule is O=C(NCC#CC(=O)N1CC(C(=O)O)C(F)(F)C1)OCC1c2ccccc2-c2ccccc21. The van der Waals surface area contributed by atoms with Crippen molar-refractivity contribution in [3.8, 4) is 23.0 Å². The van der Waals surface area contributed by atoms with Gasteiger partial charge in [-0.2, -0.15) is 0 Å². The summed E-state index contributed by atoms with van der Waals surface area (Å²) in [5, 5.41) is 11.2. The number of hydrogen-bond donors (Lipinski definition) is 2. The van der Waals surface area contributed by atoms with Crippen LogP contribution >= 0.6 is 0 Å². The molecule has 4 rings (SSSR count). The number of fused-ring (bicyclic) bond motifs is 3. The highest BCUT2D eigenvalue weighted by molar-refractivity contribution is 5.94. The molecule has 0 radical (unpaired) electrons. The van der Waals surface area contributed by atoms with E-state index in [1.165, 1.54) is 0 Å². The monoisotopic (exact) mass is 454 g/mol. The van der Waals surface area contributed by atoms with E-state index < -0.39 is 42.9 Å². The molecule has 1 aliphatic carbocycles. The number of rotatable bonds is 4. The third-order valence-corrected chi connectivity index (χ3v) is 5.76. The maximum absolute atomic E-state index is 13.7. The molecule has 0 bridgehead atoms. The van der Waals surface area contributed by atoms with Crippen LogP contribution in [0.25, 0.3) is 11.1 Å². The maximum atomic E-state index is 13.7. The number of hydrogen-bond acceptors (Lipinski definition) is 4. The highest BCUT2D eigenvalue weighted by Crippen LogP contribution is 2.44. The number of amides is 2. The molecule has 1 unspecified atom stereocenters. The van der Waals surface area contributed by atoms with Gasteiger partial charge in [-0.25, -0.2) is 13.6 Å². The molecule has 170 valence electrons. The van der Waals surface area contributed by atoms with Gasteiger partial charge in [0.05, 0.1) is 13.1 Å². The molecule has 0 aromatic heterocycles. The summed E-state index contributed by atoms with van der Waals surface area (Å²) in [7, 11) is 0. The zero-order valence-corrected chi connectivity index (χ0v) is 17.4. The van der Waals surface area contributed by atoms with Crippen molar-refractivity contribution in [2.75, 3.05) is 26.2 Å². The highest BCUT2D eigenvalue weighted by atomic mass is 19.3. The van der Waals surface area contributed by atoms with E-state index in [-0.39, 0.29) is 19.1 Å². The Morgan fingerprint density at radius 2 is 1.70 bits per heavy atom. The Morgan fingerprint density at radius 3 is 2.27 bits per heavy atom. The molecule has 0 saturated carbocycles. The summed E-state index contributed by atoms with van der Waals surface area (Å²) in [6.45, 7) is -1.73. The number of carbonyl (C=O) groups is 3. The van der Waals surface area contributed by atoms with E-state index in [4.69, 9.17) is 9.84 Å². The van der Waals surface area contributed by atoms with Crippen LogP contribution in [0.4, 0.5) is 13.6 Å². The number of benzene rings is 2. The summed E-state index contributed by atoms with van der Waals surface area (Å²) in [6, 6.07) is 15.8. The fourth-order valence-electron chi connectivity index (χ4n) is 4.16. The first-order valence-corrected chi connectivity index (χ1v) is 10.2. The molecule has 1 saturated heterocycles. The van der Waals surface area contributed by atoms with Crippen molar-refractivity contribution in [2.45, 2.75) is 11.8 Å². The van der Waals surface area contributed by atoms with E-state index >= 15 is 0 Å². The summed E-state index contributed by atoms with van der Waals surface area (Å²) >= 11 is 0. The molecule has 2 N–H and O–H groups in total. The van der Waals surface area contributed by atoms with Crippen LogP contribution in [0.2, 0.25) is 0 Å². The topological polar surface area (TPSA) is 95.9 Å². The molecule has 1 heterocycles. The Bertz CT molecular complexity index is 1130. The highest BCUT2D eigenvalue weighted by Gasteiger charge is 2.53. The van der Waals surface area contributed by atoms with Crippen molar-refractivity contribution in [3.05, 3.63) is 59.7 Å². The molecule has 1 aliphatic heterocycles. The third kappa shape index (κ3) is 4.51. The fraction of sp³-hybridized carbons (Fsp3) is 0.292. The van der Waals surface area contributed by atoms with Crippen molar-refractivity contribution in [2.24, 2.45) is 5.92 Å². The van der Waals surface area contributed by atoms with Crippen molar-refractivity contribution < 1.29 is 33.0 Å². The lowest BCUT2D eigenvalue weighted by Crippen LogP contribution is -2.33. The van der Waals surface area contributed by atoms with Crippen LogP contribution in [0.5, 0.6) is 0 Å². The van der Waals surface area contributed by atoms with Crippen LogP contribution in [0.3, 0.4) is 0 Å². The van der Waals surface area contributed by atoms with Crippen LogP contribution in [0, 0.1) is 17.8 Å². The average Bonchev–Trinajstić information content (AvgIpc) is 3.29. The molecule has 1 atom stereocenters. The molecule has 33 heavy (non-hydrogen) atoms. The Hall–Kier alpha value is -3.93. The lowest BCUT2D eigenvalue weighted by molar-refractivity contribution is -0.151. The van der Waals surface area contributed by atoms with Gasteiger partial charge in [0.2, 0.25) is 0 Å². The predicted molar refractivity (Wildman–Crippen MR) is 114 cm³/mol. The van der Waals surface area contributed by atoms with E-state index in [0.29, 0.717) is 4.90 Å². The molecule has 1 fully saturated rings. The minimum Gasteiger partial charge on any atom is -0.481 e. The normalized spacial score (nSPS) is 18.0. The first-order chi connectivity index (χ1) is 15.8. The molecule has 0 spiro atoms. The minimum atomic E-state index is -3.51. The van der Waals surface area contributed by atoms with Crippen molar-refractivity contribution >= 4 is 18.0 Å². The standard InChI is InChI=1S/C24H20F2N2O5/c25-24(26)14-28(12-20(24)22(30)31)21(29)10-5-11-27-23(32)33-13-19-17-8-3-1-6-15(17)16-7-2-4-9-18(16)19/h1-4,6-9,19-20H,11-14H2,(H,27,32)(H,30,31). The molecule has 2 aromatic carbocycles. The minimum absolute atomic E-state index is 0.102. The second-order valence-corrected chi connectivity index (χ2v) is 7.82. The van der Waals surface area contributed by atoms with Crippen LogP contribution < -0.4 is 5.32 Å². The van der Waals surface area contributed by atoms with Gasteiger partial charge in [-0.15, -0.1) is 0 Å². The van der Waals surface area contributed by atoms with E-state index in [1.807, 2.05) is 48.5 Å². The third-order valence-electron chi connectivity index (χ3n) is 5.76. The molecule has 2 aliphatic rings. The van der Waals surface area contributed by atoms with Crippen LogP contribution in [0.15, 0.2) is 48.5 Å². The predicted octanol–water partition coefficient (Wildman–Crippen LogP) is 2.71. The van der Waals surface area contributed by atoms with Crippen molar-refractivity contribution in [3.63, 3.8) is 0 Å². The molecular formula is C24H20F2N2O5. The zero-order chi connectivity index (χ0) is 23.6. The van der Waals surface area contributed by atoms with Gasteiger partial charge in [-0.3, -0.25) is 9.59 Å². The van der Waals surface area contributed by atoms with Crippen LogP contribution in [-0.2, 0) is 14.3 Å². The molecule has 7 nitrogen and oxygen atoms in total. The lowest BCUT2D eigenvalue weighted by Gasteiger charge is -2.14. The van der Waals surface area contributed by atoms with Gasteiger partial charge in [-0.05, 0) is 28.2 Å². The van der Waals surface area contributed by atoms with Crippen molar-refractivity contribution in [1.82, 2.24) is 10.2 Å².